The van der Waals surface area contributed by atoms with Crippen molar-refractivity contribution in [3.8, 4) is 0 Å². The monoisotopic (exact) mass is 224 g/mol. The van der Waals surface area contributed by atoms with Crippen LogP contribution in [-0.2, 0) is 13.6 Å². The van der Waals surface area contributed by atoms with Gasteiger partial charge in [-0.25, -0.2) is 9.78 Å². The average molecular weight is 224 g/mol. The molecule has 0 spiro atoms. The summed E-state index contributed by atoms with van der Waals surface area (Å²) in [4.78, 5) is 29.1. The van der Waals surface area contributed by atoms with E-state index < -0.39 is 17.4 Å². The highest BCUT2D eigenvalue weighted by molar-refractivity contribution is 5.69. The lowest BCUT2D eigenvalue weighted by Gasteiger charge is -2.05. The Morgan fingerprint density at radius 1 is 1.56 bits per heavy atom. The van der Waals surface area contributed by atoms with Gasteiger partial charge >= 0.3 is 5.69 Å². The van der Waals surface area contributed by atoms with Crippen molar-refractivity contribution in [2.24, 2.45) is 7.05 Å². The second kappa shape index (κ2) is 3.60. The molecular weight excluding hydrogens is 212 g/mol. The molecule has 0 amide bonds. The zero-order chi connectivity index (χ0) is 11.9. The maximum absolute atomic E-state index is 11.6. The van der Waals surface area contributed by atoms with Crippen molar-refractivity contribution in [1.82, 2.24) is 19.1 Å². The number of H-pyrrole nitrogens is 1. The van der Waals surface area contributed by atoms with Gasteiger partial charge in [-0.1, -0.05) is 0 Å². The molecule has 0 aliphatic heterocycles. The summed E-state index contributed by atoms with van der Waals surface area (Å²) in [6.07, 6.45) is 0.848. The summed E-state index contributed by atoms with van der Waals surface area (Å²) in [5, 5.41) is 9.27. The van der Waals surface area contributed by atoms with E-state index in [-0.39, 0.29) is 6.54 Å². The number of fused-ring (bicyclic) bond motifs is 1. The van der Waals surface area contributed by atoms with Crippen molar-refractivity contribution in [1.29, 1.82) is 0 Å². The molecule has 7 heteroatoms. The summed E-state index contributed by atoms with van der Waals surface area (Å²) < 4.78 is 2.79. The molecule has 0 radical (unpaired) electrons. The van der Waals surface area contributed by atoms with Crippen LogP contribution in [0.4, 0.5) is 0 Å². The van der Waals surface area contributed by atoms with Crippen LogP contribution < -0.4 is 11.2 Å². The van der Waals surface area contributed by atoms with Gasteiger partial charge in [0.15, 0.2) is 11.2 Å². The summed E-state index contributed by atoms with van der Waals surface area (Å²) >= 11 is 0. The molecule has 2 N–H and O–H groups in total. The van der Waals surface area contributed by atoms with Gasteiger partial charge in [0.25, 0.3) is 5.56 Å². The Labute approximate surface area is 90.0 Å². The van der Waals surface area contributed by atoms with Gasteiger partial charge in [0.05, 0.1) is 19.0 Å². The average Bonchev–Trinajstić information content (AvgIpc) is 2.58. The number of imidazole rings is 1. The Kier molecular flexibility index (Phi) is 2.39. The Balaban J connectivity index is 2.78. The predicted molar refractivity (Wildman–Crippen MR) is 57.3 cm³/mol. The molecular formula is C9H12N4O3. The molecule has 16 heavy (non-hydrogen) atoms. The highest BCUT2D eigenvalue weighted by atomic mass is 16.3. The number of aliphatic hydroxyl groups excluding tert-OH is 1. The zero-order valence-electron chi connectivity index (χ0n) is 8.97. The molecule has 0 bridgehead atoms. The van der Waals surface area contributed by atoms with Gasteiger partial charge in [0.1, 0.15) is 0 Å². The van der Waals surface area contributed by atoms with Crippen LogP contribution in [0, 0.1) is 0 Å². The lowest BCUT2D eigenvalue weighted by Crippen LogP contribution is -2.29. The van der Waals surface area contributed by atoms with Crippen LogP contribution in [0.25, 0.3) is 11.2 Å². The van der Waals surface area contributed by atoms with E-state index in [0.717, 1.165) is 0 Å². The fraction of sp³-hybridized carbons (Fsp3) is 0.444. The van der Waals surface area contributed by atoms with Crippen molar-refractivity contribution < 1.29 is 5.11 Å². The van der Waals surface area contributed by atoms with E-state index >= 15 is 0 Å². The van der Waals surface area contributed by atoms with Gasteiger partial charge in [-0.05, 0) is 6.92 Å². The van der Waals surface area contributed by atoms with Crippen LogP contribution in [0.1, 0.15) is 6.92 Å². The summed E-state index contributed by atoms with van der Waals surface area (Å²) in [7, 11) is 1.53. The molecule has 1 unspecified atom stereocenters. The molecule has 0 aliphatic rings. The second-order valence-corrected chi connectivity index (χ2v) is 3.74. The molecule has 2 aromatic rings. The van der Waals surface area contributed by atoms with E-state index in [1.54, 1.807) is 6.92 Å². The minimum Gasteiger partial charge on any atom is -0.392 e. The normalized spacial score (nSPS) is 13.2. The molecule has 0 saturated carbocycles. The number of aromatic nitrogens is 4. The van der Waals surface area contributed by atoms with Crippen LogP contribution in [0.2, 0.25) is 0 Å². The number of aryl methyl sites for hydroxylation is 1. The van der Waals surface area contributed by atoms with Crippen molar-refractivity contribution in [3.05, 3.63) is 27.2 Å². The van der Waals surface area contributed by atoms with Gasteiger partial charge in [-0.2, -0.15) is 0 Å². The fourth-order valence-electron chi connectivity index (χ4n) is 1.61. The lowest BCUT2D eigenvalue weighted by atomic mass is 10.4. The summed E-state index contributed by atoms with van der Waals surface area (Å²) in [5.74, 6) is 0. The van der Waals surface area contributed by atoms with Gasteiger partial charge in [0, 0.05) is 7.05 Å². The van der Waals surface area contributed by atoms with Crippen LogP contribution in [0.15, 0.2) is 15.9 Å². The first-order valence-electron chi connectivity index (χ1n) is 4.83. The third-order valence-electron chi connectivity index (χ3n) is 2.34. The van der Waals surface area contributed by atoms with Crippen LogP contribution in [-0.4, -0.2) is 30.3 Å². The first-order chi connectivity index (χ1) is 7.50. The lowest BCUT2D eigenvalue weighted by molar-refractivity contribution is 0.175. The number of hydrogen-bond donors (Lipinski definition) is 2. The molecule has 2 aromatic heterocycles. The first-order valence-corrected chi connectivity index (χ1v) is 4.83. The Hall–Kier alpha value is -1.89. The van der Waals surface area contributed by atoms with Crippen LogP contribution in [0.5, 0.6) is 0 Å². The van der Waals surface area contributed by atoms with E-state index in [1.165, 1.54) is 22.5 Å². The second-order valence-electron chi connectivity index (χ2n) is 3.74. The number of rotatable bonds is 2. The fourth-order valence-corrected chi connectivity index (χ4v) is 1.61. The highest BCUT2D eigenvalue weighted by Crippen LogP contribution is 2.05. The van der Waals surface area contributed by atoms with E-state index in [2.05, 4.69) is 9.97 Å². The zero-order valence-corrected chi connectivity index (χ0v) is 8.97. The molecule has 0 aromatic carbocycles. The standard InChI is InChI=1S/C9H12N4O3/c1-5(14)3-13-4-10-7-6(13)8(15)11-9(16)12(7)2/h4-5,14H,3H2,1-2H3,(H,11,15,16). The Morgan fingerprint density at radius 3 is 2.88 bits per heavy atom. The Bertz CT molecular complexity index is 634. The summed E-state index contributed by atoms with van der Waals surface area (Å²) in [6.45, 7) is 1.87. The van der Waals surface area contributed by atoms with E-state index in [9.17, 15) is 14.7 Å². The number of aliphatic hydroxyl groups is 1. The quantitative estimate of drug-likeness (QED) is 0.670. The molecule has 2 heterocycles. The predicted octanol–water partition coefficient (Wildman–Crippen LogP) is -1.20. The van der Waals surface area contributed by atoms with Crippen molar-refractivity contribution in [2.75, 3.05) is 0 Å². The number of nitrogens with zero attached hydrogens (tertiary/aromatic N) is 3. The van der Waals surface area contributed by atoms with Gasteiger partial charge in [-0.15, -0.1) is 0 Å². The third-order valence-corrected chi connectivity index (χ3v) is 2.34. The maximum atomic E-state index is 11.6. The summed E-state index contributed by atoms with van der Waals surface area (Å²) in [6, 6.07) is 0. The molecule has 0 aliphatic carbocycles. The number of nitrogens with one attached hydrogen (secondary N) is 1. The van der Waals surface area contributed by atoms with Gasteiger partial charge in [0.2, 0.25) is 0 Å². The SMILES string of the molecule is CC(O)Cn1cnc2c1c(=O)[nH]c(=O)n2C. The van der Waals surface area contributed by atoms with Crippen molar-refractivity contribution in [3.63, 3.8) is 0 Å². The van der Waals surface area contributed by atoms with E-state index in [1.807, 2.05) is 0 Å². The largest absolute Gasteiger partial charge is 0.392 e. The molecule has 1 atom stereocenters. The van der Waals surface area contributed by atoms with Crippen molar-refractivity contribution >= 4 is 11.2 Å². The van der Waals surface area contributed by atoms with E-state index in [4.69, 9.17) is 0 Å². The third kappa shape index (κ3) is 1.54. The topological polar surface area (TPSA) is 92.9 Å². The maximum Gasteiger partial charge on any atom is 0.329 e. The first kappa shape index (κ1) is 10.6. The molecule has 2 rings (SSSR count). The summed E-state index contributed by atoms with van der Waals surface area (Å²) in [5.41, 5.74) is -0.381. The Morgan fingerprint density at radius 2 is 2.25 bits per heavy atom. The number of hydrogen-bond acceptors (Lipinski definition) is 4. The van der Waals surface area contributed by atoms with Crippen molar-refractivity contribution in [2.45, 2.75) is 19.6 Å². The highest BCUT2D eigenvalue weighted by Gasteiger charge is 2.12. The minimum atomic E-state index is -0.589. The van der Waals surface area contributed by atoms with Crippen LogP contribution >= 0.6 is 0 Å². The molecule has 0 saturated heterocycles. The van der Waals surface area contributed by atoms with Gasteiger partial charge < -0.3 is 9.67 Å². The van der Waals surface area contributed by atoms with Crippen LogP contribution in [0.3, 0.4) is 0 Å². The number of aromatic amines is 1. The minimum absolute atomic E-state index is 0.262. The van der Waals surface area contributed by atoms with Gasteiger partial charge in [-0.3, -0.25) is 14.3 Å². The molecule has 86 valence electrons. The molecule has 7 nitrogen and oxygen atoms in total. The molecule has 0 fully saturated rings. The smallest absolute Gasteiger partial charge is 0.329 e. The van der Waals surface area contributed by atoms with E-state index in [0.29, 0.717) is 11.2 Å².